The predicted octanol–water partition coefficient (Wildman–Crippen LogP) is 2.70. The van der Waals surface area contributed by atoms with Gasteiger partial charge in [0.2, 0.25) is 0 Å². The molecule has 0 aromatic carbocycles. The van der Waals surface area contributed by atoms with E-state index in [9.17, 15) is 0 Å². The van der Waals surface area contributed by atoms with Crippen molar-refractivity contribution in [2.75, 3.05) is 0 Å². The zero-order chi connectivity index (χ0) is 8.97. The molecule has 0 aliphatic carbocycles. The number of hydrogen-bond donors (Lipinski definition) is 0. The summed E-state index contributed by atoms with van der Waals surface area (Å²) in [5.74, 6) is 0.555. The maximum Gasteiger partial charge on any atom is 0.199 e. The van der Waals surface area contributed by atoms with Crippen LogP contribution in [-0.2, 0) is 9.47 Å². The van der Waals surface area contributed by atoms with Crippen LogP contribution in [0.5, 0.6) is 0 Å². The standard InChI is InChI=1S/C10H18O2/c1-8(2)9(3)12-10-6-4-5-7-11-10/h5,7-10H,4,6H2,1-3H3. The number of ether oxygens (including phenoxy) is 2. The second-order valence-electron chi connectivity index (χ2n) is 3.60. The lowest BCUT2D eigenvalue weighted by atomic mass is 10.1. The molecule has 0 aromatic rings. The fourth-order valence-electron chi connectivity index (χ4n) is 1.01. The highest BCUT2D eigenvalue weighted by atomic mass is 16.7. The van der Waals surface area contributed by atoms with E-state index >= 15 is 0 Å². The van der Waals surface area contributed by atoms with Crippen molar-refractivity contribution in [1.29, 1.82) is 0 Å². The Hall–Kier alpha value is -0.500. The van der Waals surface area contributed by atoms with Gasteiger partial charge in [-0.2, -0.15) is 0 Å². The number of rotatable bonds is 3. The molecule has 1 rings (SSSR count). The first-order valence-corrected chi connectivity index (χ1v) is 4.66. The quantitative estimate of drug-likeness (QED) is 0.648. The van der Waals surface area contributed by atoms with Crippen molar-refractivity contribution >= 4 is 0 Å². The van der Waals surface area contributed by atoms with Gasteiger partial charge in [0, 0.05) is 6.42 Å². The van der Waals surface area contributed by atoms with E-state index < -0.39 is 0 Å². The topological polar surface area (TPSA) is 18.5 Å². The van der Waals surface area contributed by atoms with Crippen LogP contribution in [0.4, 0.5) is 0 Å². The summed E-state index contributed by atoms with van der Waals surface area (Å²) < 4.78 is 11.0. The molecule has 0 radical (unpaired) electrons. The van der Waals surface area contributed by atoms with Gasteiger partial charge in [0.05, 0.1) is 12.4 Å². The van der Waals surface area contributed by atoms with Gasteiger partial charge in [0.25, 0.3) is 0 Å². The van der Waals surface area contributed by atoms with Crippen LogP contribution in [-0.4, -0.2) is 12.4 Å². The summed E-state index contributed by atoms with van der Waals surface area (Å²) in [6, 6.07) is 0. The zero-order valence-electron chi connectivity index (χ0n) is 8.12. The highest BCUT2D eigenvalue weighted by Gasteiger charge is 2.16. The molecular weight excluding hydrogens is 152 g/mol. The smallest absolute Gasteiger partial charge is 0.199 e. The van der Waals surface area contributed by atoms with Gasteiger partial charge in [-0.25, -0.2) is 0 Å². The van der Waals surface area contributed by atoms with Crippen LogP contribution < -0.4 is 0 Å². The third-order valence-corrected chi connectivity index (χ3v) is 2.20. The third-order valence-electron chi connectivity index (χ3n) is 2.20. The molecule has 12 heavy (non-hydrogen) atoms. The fraction of sp³-hybridized carbons (Fsp3) is 0.800. The summed E-state index contributed by atoms with van der Waals surface area (Å²) in [6.07, 6.45) is 6.07. The average Bonchev–Trinajstić information content (AvgIpc) is 2.06. The molecule has 1 heterocycles. The molecule has 0 amide bonds. The Bertz CT molecular complexity index is 152. The van der Waals surface area contributed by atoms with Crippen LogP contribution in [0.3, 0.4) is 0 Å². The largest absolute Gasteiger partial charge is 0.473 e. The minimum atomic E-state index is -0.0209. The Morgan fingerprint density at radius 3 is 2.67 bits per heavy atom. The molecule has 0 fully saturated rings. The maximum absolute atomic E-state index is 5.68. The molecule has 0 saturated heterocycles. The van der Waals surface area contributed by atoms with E-state index in [0.717, 1.165) is 12.8 Å². The van der Waals surface area contributed by atoms with Gasteiger partial charge in [0.1, 0.15) is 0 Å². The Morgan fingerprint density at radius 1 is 1.42 bits per heavy atom. The Labute approximate surface area is 74.6 Å². The second kappa shape index (κ2) is 4.51. The summed E-state index contributed by atoms with van der Waals surface area (Å²) in [5, 5.41) is 0. The predicted molar refractivity (Wildman–Crippen MR) is 48.6 cm³/mol. The molecule has 0 spiro atoms. The van der Waals surface area contributed by atoms with E-state index in [0.29, 0.717) is 5.92 Å². The Kier molecular flexibility index (Phi) is 3.60. The molecule has 2 unspecified atom stereocenters. The molecule has 0 bridgehead atoms. The summed E-state index contributed by atoms with van der Waals surface area (Å²) in [5.41, 5.74) is 0. The van der Waals surface area contributed by atoms with E-state index in [1.165, 1.54) is 0 Å². The van der Waals surface area contributed by atoms with E-state index in [1.807, 2.05) is 6.08 Å². The van der Waals surface area contributed by atoms with Gasteiger partial charge in [-0.05, 0) is 25.3 Å². The van der Waals surface area contributed by atoms with E-state index in [1.54, 1.807) is 6.26 Å². The van der Waals surface area contributed by atoms with Crippen molar-refractivity contribution in [2.45, 2.75) is 46.0 Å². The molecule has 0 N–H and O–H groups in total. The van der Waals surface area contributed by atoms with Crippen LogP contribution in [0.2, 0.25) is 0 Å². The fourth-order valence-corrected chi connectivity index (χ4v) is 1.01. The summed E-state index contributed by atoms with van der Waals surface area (Å²) in [7, 11) is 0. The van der Waals surface area contributed by atoms with Crippen LogP contribution in [0.15, 0.2) is 12.3 Å². The monoisotopic (exact) mass is 170 g/mol. The van der Waals surface area contributed by atoms with Crippen molar-refractivity contribution < 1.29 is 9.47 Å². The molecule has 2 heteroatoms. The first-order valence-electron chi connectivity index (χ1n) is 4.66. The number of hydrogen-bond acceptors (Lipinski definition) is 2. The van der Waals surface area contributed by atoms with Gasteiger partial charge in [0.15, 0.2) is 6.29 Å². The van der Waals surface area contributed by atoms with Gasteiger partial charge in [-0.3, -0.25) is 0 Å². The molecule has 1 aliphatic heterocycles. The second-order valence-corrected chi connectivity index (χ2v) is 3.60. The minimum Gasteiger partial charge on any atom is -0.473 e. The molecular formula is C10H18O2. The average molecular weight is 170 g/mol. The highest BCUT2D eigenvalue weighted by Crippen LogP contribution is 2.16. The SMILES string of the molecule is CC(C)C(C)OC1CCC=CO1. The molecule has 1 aliphatic rings. The van der Waals surface area contributed by atoms with Gasteiger partial charge >= 0.3 is 0 Å². The van der Waals surface area contributed by atoms with E-state index in [-0.39, 0.29) is 12.4 Å². The normalized spacial score (nSPS) is 25.5. The lowest BCUT2D eigenvalue weighted by molar-refractivity contribution is -0.153. The maximum atomic E-state index is 5.68. The first-order chi connectivity index (χ1) is 5.70. The molecule has 0 aromatic heterocycles. The summed E-state index contributed by atoms with van der Waals surface area (Å²) >= 11 is 0. The molecule has 70 valence electrons. The van der Waals surface area contributed by atoms with Crippen molar-refractivity contribution in [1.82, 2.24) is 0 Å². The van der Waals surface area contributed by atoms with Crippen LogP contribution >= 0.6 is 0 Å². The van der Waals surface area contributed by atoms with Crippen molar-refractivity contribution in [2.24, 2.45) is 5.92 Å². The Morgan fingerprint density at radius 2 is 2.17 bits per heavy atom. The summed E-state index contributed by atoms with van der Waals surface area (Å²) in [4.78, 5) is 0. The lowest BCUT2D eigenvalue weighted by Crippen LogP contribution is -2.25. The first kappa shape index (κ1) is 9.59. The molecule has 2 nitrogen and oxygen atoms in total. The third kappa shape index (κ3) is 2.86. The summed E-state index contributed by atoms with van der Waals surface area (Å²) in [6.45, 7) is 6.40. The van der Waals surface area contributed by atoms with Crippen molar-refractivity contribution in [3.05, 3.63) is 12.3 Å². The minimum absolute atomic E-state index is 0.0209. The van der Waals surface area contributed by atoms with Gasteiger partial charge in [-0.1, -0.05) is 13.8 Å². The van der Waals surface area contributed by atoms with E-state index in [2.05, 4.69) is 20.8 Å². The van der Waals surface area contributed by atoms with E-state index in [4.69, 9.17) is 9.47 Å². The highest BCUT2D eigenvalue weighted by molar-refractivity contribution is 4.79. The van der Waals surface area contributed by atoms with Crippen LogP contribution in [0, 0.1) is 5.92 Å². The Balaban J connectivity index is 2.25. The van der Waals surface area contributed by atoms with Crippen molar-refractivity contribution in [3.8, 4) is 0 Å². The lowest BCUT2D eigenvalue weighted by Gasteiger charge is -2.25. The number of allylic oxidation sites excluding steroid dienone is 1. The van der Waals surface area contributed by atoms with Gasteiger partial charge < -0.3 is 9.47 Å². The van der Waals surface area contributed by atoms with Crippen LogP contribution in [0.25, 0.3) is 0 Å². The molecule has 2 atom stereocenters. The molecule has 0 saturated carbocycles. The zero-order valence-corrected chi connectivity index (χ0v) is 8.12. The van der Waals surface area contributed by atoms with Crippen molar-refractivity contribution in [3.63, 3.8) is 0 Å². The van der Waals surface area contributed by atoms with Gasteiger partial charge in [-0.15, -0.1) is 0 Å². The van der Waals surface area contributed by atoms with Crippen LogP contribution in [0.1, 0.15) is 33.6 Å².